The van der Waals surface area contributed by atoms with Crippen LogP contribution >= 0.6 is 12.4 Å². The van der Waals surface area contributed by atoms with Gasteiger partial charge in [-0.1, -0.05) is 0 Å². The van der Waals surface area contributed by atoms with Crippen LogP contribution in [-0.4, -0.2) is 18.8 Å². The summed E-state index contributed by atoms with van der Waals surface area (Å²) in [6, 6.07) is 4.64. The van der Waals surface area contributed by atoms with Crippen LogP contribution in [0.5, 0.6) is 11.5 Å². The van der Waals surface area contributed by atoms with Gasteiger partial charge in [-0.05, 0) is 25.1 Å². The monoisotopic (exact) mass is 257 g/mol. The molecule has 0 saturated carbocycles. The van der Waals surface area contributed by atoms with Crippen molar-refractivity contribution in [1.82, 2.24) is 0 Å². The zero-order valence-corrected chi connectivity index (χ0v) is 10.3. The molecule has 0 aliphatic carbocycles. The van der Waals surface area contributed by atoms with E-state index in [9.17, 15) is 5.11 Å². The van der Waals surface area contributed by atoms with E-state index in [1.54, 1.807) is 6.07 Å². The van der Waals surface area contributed by atoms with Crippen molar-refractivity contribution in [3.63, 3.8) is 0 Å². The summed E-state index contributed by atoms with van der Waals surface area (Å²) in [5.74, 6) is 0.226. The second kappa shape index (κ2) is 6.97. The molecule has 0 aliphatic rings. The van der Waals surface area contributed by atoms with Gasteiger partial charge in [0.05, 0.1) is 18.7 Å². The number of nitriles is 1. The molecule has 0 saturated heterocycles. The highest BCUT2D eigenvalue weighted by Gasteiger charge is 2.18. The molecule has 1 aromatic carbocycles. The first-order valence-electron chi connectivity index (χ1n) is 4.91. The summed E-state index contributed by atoms with van der Waals surface area (Å²) < 4.78 is 4.97. The Morgan fingerprint density at radius 2 is 2.18 bits per heavy atom. The first-order valence-corrected chi connectivity index (χ1v) is 4.91. The Morgan fingerprint density at radius 1 is 1.53 bits per heavy atom. The summed E-state index contributed by atoms with van der Waals surface area (Å²) in [6.07, 6.45) is 0.495. The lowest BCUT2D eigenvalue weighted by Gasteiger charge is -2.16. The van der Waals surface area contributed by atoms with E-state index in [2.05, 4.69) is 0 Å². The number of aromatic hydroxyl groups is 1. The van der Waals surface area contributed by atoms with E-state index in [4.69, 9.17) is 21.5 Å². The van der Waals surface area contributed by atoms with Crippen molar-refractivity contribution in [3.05, 3.63) is 23.3 Å². The van der Waals surface area contributed by atoms with E-state index in [1.807, 2.05) is 6.07 Å². The fourth-order valence-electron chi connectivity index (χ4n) is 1.55. The van der Waals surface area contributed by atoms with Gasteiger partial charge in [0.25, 0.3) is 0 Å². The molecule has 0 aliphatic heterocycles. The zero-order valence-electron chi connectivity index (χ0n) is 9.51. The van der Waals surface area contributed by atoms with Gasteiger partial charge in [-0.2, -0.15) is 5.26 Å². The van der Waals surface area contributed by atoms with E-state index in [0.717, 1.165) is 0 Å². The predicted octanol–water partition coefficient (Wildman–Crippen LogP) is 1.04. The Balaban J connectivity index is 0.00000256. The lowest BCUT2D eigenvalue weighted by molar-refractivity contribution is 0.368. The van der Waals surface area contributed by atoms with Crippen LogP contribution < -0.4 is 16.2 Å². The van der Waals surface area contributed by atoms with Crippen molar-refractivity contribution < 1.29 is 9.84 Å². The summed E-state index contributed by atoms with van der Waals surface area (Å²) in [7, 11) is 1.44. The average molecular weight is 258 g/mol. The number of nitrogens with zero attached hydrogens (tertiary/aromatic N) is 1. The number of phenolic OH excluding ortho intramolecular Hbond substituents is 1. The van der Waals surface area contributed by atoms with E-state index in [-0.39, 0.29) is 18.2 Å². The number of phenols is 1. The van der Waals surface area contributed by atoms with Crippen molar-refractivity contribution in [2.24, 2.45) is 11.5 Å². The molecule has 0 heterocycles. The molecular weight excluding hydrogens is 242 g/mol. The van der Waals surface area contributed by atoms with E-state index >= 15 is 0 Å². The van der Waals surface area contributed by atoms with Crippen LogP contribution in [0.1, 0.15) is 23.6 Å². The summed E-state index contributed by atoms with van der Waals surface area (Å²) in [5.41, 5.74) is 12.0. The number of ether oxygens (including phenoxy) is 1. The Hall–Kier alpha value is -1.48. The highest BCUT2D eigenvalue weighted by Crippen LogP contribution is 2.36. The van der Waals surface area contributed by atoms with Crippen LogP contribution in [0.25, 0.3) is 0 Å². The minimum absolute atomic E-state index is 0. The molecule has 1 atom stereocenters. The van der Waals surface area contributed by atoms with Crippen LogP contribution in [-0.2, 0) is 0 Å². The maximum absolute atomic E-state index is 9.90. The smallest absolute Gasteiger partial charge is 0.163 e. The van der Waals surface area contributed by atoms with Gasteiger partial charge in [-0.15, -0.1) is 12.4 Å². The number of nitrogens with two attached hydrogens (primary N) is 2. The fourth-order valence-corrected chi connectivity index (χ4v) is 1.55. The quantitative estimate of drug-likeness (QED) is 0.747. The third-order valence-corrected chi connectivity index (χ3v) is 2.37. The summed E-state index contributed by atoms with van der Waals surface area (Å²) in [6.45, 7) is 0.392. The second-order valence-electron chi connectivity index (χ2n) is 3.37. The minimum atomic E-state index is -0.463. The first kappa shape index (κ1) is 15.5. The van der Waals surface area contributed by atoms with Gasteiger partial charge in [0.1, 0.15) is 0 Å². The molecule has 1 rings (SSSR count). The van der Waals surface area contributed by atoms with Crippen LogP contribution in [0.15, 0.2) is 12.1 Å². The Labute approximate surface area is 106 Å². The van der Waals surface area contributed by atoms with Crippen LogP contribution in [0, 0.1) is 11.3 Å². The van der Waals surface area contributed by atoms with Crippen molar-refractivity contribution in [1.29, 1.82) is 5.26 Å². The fraction of sp³-hybridized carbons (Fsp3) is 0.364. The Kier molecular flexibility index (Phi) is 6.36. The van der Waals surface area contributed by atoms with Crippen molar-refractivity contribution in [2.45, 2.75) is 12.5 Å². The first-order chi connectivity index (χ1) is 7.65. The molecule has 0 aromatic heterocycles. The SMILES string of the molecule is COc1ccc(C#N)c([C@H](N)CCN)c1O.Cl. The third-order valence-electron chi connectivity index (χ3n) is 2.37. The molecule has 0 fully saturated rings. The van der Waals surface area contributed by atoms with Gasteiger partial charge in [0.15, 0.2) is 11.5 Å². The maximum atomic E-state index is 9.90. The zero-order chi connectivity index (χ0) is 12.1. The summed E-state index contributed by atoms with van der Waals surface area (Å²) >= 11 is 0. The number of rotatable bonds is 4. The maximum Gasteiger partial charge on any atom is 0.163 e. The molecule has 94 valence electrons. The van der Waals surface area contributed by atoms with Gasteiger partial charge >= 0.3 is 0 Å². The Morgan fingerprint density at radius 3 is 2.65 bits per heavy atom. The largest absolute Gasteiger partial charge is 0.504 e. The number of benzene rings is 1. The van der Waals surface area contributed by atoms with Crippen molar-refractivity contribution in [2.75, 3.05) is 13.7 Å². The molecule has 17 heavy (non-hydrogen) atoms. The highest BCUT2D eigenvalue weighted by molar-refractivity contribution is 5.85. The van der Waals surface area contributed by atoms with Gasteiger partial charge in [-0.3, -0.25) is 0 Å². The molecule has 6 heteroatoms. The lowest BCUT2D eigenvalue weighted by Crippen LogP contribution is -2.16. The summed E-state index contributed by atoms with van der Waals surface area (Å²) in [4.78, 5) is 0. The predicted molar refractivity (Wildman–Crippen MR) is 67.2 cm³/mol. The standard InChI is InChI=1S/C11H15N3O2.ClH/c1-16-9-3-2-7(6-13)10(11(9)15)8(14)4-5-12;/h2-3,8,15H,4-5,12,14H2,1H3;1H/t8-;/m1./s1. The van der Waals surface area contributed by atoms with Gasteiger partial charge in [-0.25, -0.2) is 0 Å². The highest BCUT2D eigenvalue weighted by atomic mass is 35.5. The van der Waals surface area contributed by atoms with E-state index in [1.165, 1.54) is 13.2 Å². The molecule has 0 spiro atoms. The number of hydrogen-bond acceptors (Lipinski definition) is 5. The van der Waals surface area contributed by atoms with Crippen molar-refractivity contribution >= 4 is 12.4 Å². The minimum Gasteiger partial charge on any atom is -0.504 e. The number of halogens is 1. The van der Waals surface area contributed by atoms with Crippen LogP contribution in [0.3, 0.4) is 0 Å². The van der Waals surface area contributed by atoms with Gasteiger partial charge in [0.2, 0.25) is 0 Å². The van der Waals surface area contributed by atoms with Gasteiger partial charge < -0.3 is 21.3 Å². The van der Waals surface area contributed by atoms with Crippen molar-refractivity contribution in [3.8, 4) is 17.6 Å². The summed E-state index contributed by atoms with van der Waals surface area (Å²) in [5, 5.41) is 18.8. The molecule has 0 bridgehead atoms. The molecule has 0 amide bonds. The normalized spacial score (nSPS) is 11.2. The van der Waals surface area contributed by atoms with Crippen LogP contribution in [0.4, 0.5) is 0 Å². The molecule has 5 nitrogen and oxygen atoms in total. The number of methoxy groups -OCH3 is 1. The molecule has 1 aromatic rings. The average Bonchev–Trinajstić information content (AvgIpc) is 2.28. The third kappa shape index (κ3) is 3.24. The molecule has 5 N–H and O–H groups in total. The van der Waals surface area contributed by atoms with E-state index < -0.39 is 6.04 Å². The Bertz CT molecular complexity index is 418. The topological polar surface area (TPSA) is 105 Å². The number of hydrogen-bond donors (Lipinski definition) is 3. The molecular formula is C11H16ClN3O2. The van der Waals surface area contributed by atoms with E-state index in [0.29, 0.717) is 29.8 Å². The lowest BCUT2D eigenvalue weighted by atomic mass is 9.97. The molecule has 0 radical (unpaired) electrons. The second-order valence-corrected chi connectivity index (χ2v) is 3.37. The molecule has 0 unspecified atom stereocenters. The van der Waals surface area contributed by atoms with Gasteiger partial charge in [0, 0.05) is 11.6 Å². The van der Waals surface area contributed by atoms with Crippen LogP contribution in [0.2, 0.25) is 0 Å².